The third-order valence-corrected chi connectivity index (χ3v) is 7.36. The molecule has 4 rings (SSSR count). The van der Waals surface area contributed by atoms with Crippen molar-refractivity contribution in [1.29, 1.82) is 0 Å². The number of pyridine rings is 1. The largest absolute Gasteiger partial charge is 0.462 e. The average molecular weight is 537 g/mol. The van der Waals surface area contributed by atoms with Crippen LogP contribution in [0.4, 0.5) is 0 Å². The van der Waals surface area contributed by atoms with Gasteiger partial charge in [-0.25, -0.2) is 4.57 Å². The predicted molar refractivity (Wildman–Crippen MR) is 133 cm³/mol. The maximum atomic E-state index is 13.8. The standard InChI is InChI=1S/C25H33N2O9P/c1-15(2)32-24(29)16(3)27-37(30,36-18-9-7-6-8-10-18)31-14-19-22-23(35-25(4,5)34-22)21(33-19)17-11-12-26-20(28)13-17/h6-13,15-16,19,21-23H,14H2,1-5H3,(H,26,28)(H,27,30)/t16-,19?,21?,22+,23-,37?/m0/s1. The first-order chi connectivity index (χ1) is 17.4. The van der Waals surface area contributed by atoms with E-state index in [0.29, 0.717) is 5.56 Å². The van der Waals surface area contributed by atoms with Gasteiger partial charge in [-0.05, 0) is 58.4 Å². The van der Waals surface area contributed by atoms with Crippen molar-refractivity contribution in [3.8, 4) is 5.75 Å². The molecule has 2 saturated heterocycles. The van der Waals surface area contributed by atoms with Crippen molar-refractivity contribution < 1.29 is 37.4 Å². The van der Waals surface area contributed by atoms with Crippen molar-refractivity contribution in [2.24, 2.45) is 0 Å². The van der Waals surface area contributed by atoms with Gasteiger partial charge in [-0.15, -0.1) is 0 Å². The van der Waals surface area contributed by atoms with Crippen molar-refractivity contribution >= 4 is 13.7 Å². The van der Waals surface area contributed by atoms with Crippen molar-refractivity contribution in [1.82, 2.24) is 10.1 Å². The molecule has 1 aromatic heterocycles. The summed E-state index contributed by atoms with van der Waals surface area (Å²) in [5.41, 5.74) is 0.345. The number of hydrogen-bond donors (Lipinski definition) is 2. The lowest BCUT2D eigenvalue weighted by atomic mass is 10.0. The van der Waals surface area contributed by atoms with Crippen LogP contribution in [0.3, 0.4) is 0 Å². The predicted octanol–water partition coefficient (Wildman–Crippen LogP) is 3.47. The summed E-state index contributed by atoms with van der Waals surface area (Å²) < 4.78 is 48.9. The zero-order chi connectivity index (χ0) is 26.8. The van der Waals surface area contributed by atoms with Crippen LogP contribution in [0, 0.1) is 0 Å². The fourth-order valence-corrected chi connectivity index (χ4v) is 5.73. The number of carbonyl (C=O) groups excluding carboxylic acids is 1. The minimum atomic E-state index is -4.10. The van der Waals surface area contributed by atoms with Crippen LogP contribution in [0.25, 0.3) is 0 Å². The second-order valence-electron chi connectivity index (χ2n) is 9.68. The molecule has 3 unspecified atom stereocenters. The van der Waals surface area contributed by atoms with E-state index in [9.17, 15) is 14.2 Å². The Hall–Kier alpha value is -2.53. The third-order valence-electron chi connectivity index (χ3n) is 5.71. The molecule has 2 N–H and O–H groups in total. The van der Waals surface area contributed by atoms with Crippen LogP contribution in [0.5, 0.6) is 5.75 Å². The molecular formula is C25H33N2O9P. The SMILES string of the molecule is CC(C)OC(=O)[C@H](C)NP(=O)(OCC1OC(c2cc[nH]c(=O)c2)[C@@H]2OC(C)(C)O[C@H]12)Oc1ccccc1. The molecule has 2 aliphatic heterocycles. The number of ether oxygens (including phenoxy) is 4. The van der Waals surface area contributed by atoms with Crippen LogP contribution in [-0.4, -0.2) is 53.8 Å². The Labute approximate surface area is 215 Å². The fourth-order valence-electron chi connectivity index (χ4n) is 4.23. The minimum Gasteiger partial charge on any atom is -0.462 e. The van der Waals surface area contributed by atoms with Crippen LogP contribution in [0.2, 0.25) is 0 Å². The molecule has 0 aliphatic carbocycles. The van der Waals surface area contributed by atoms with E-state index in [4.69, 9.17) is 28.0 Å². The summed E-state index contributed by atoms with van der Waals surface area (Å²) in [6.45, 7) is 8.31. The minimum absolute atomic E-state index is 0.205. The number of aromatic nitrogens is 1. The number of nitrogens with one attached hydrogen (secondary N) is 2. The van der Waals surface area contributed by atoms with E-state index in [-0.39, 0.29) is 24.0 Å². The first-order valence-electron chi connectivity index (χ1n) is 12.1. The second-order valence-corrected chi connectivity index (χ2v) is 11.4. The van der Waals surface area contributed by atoms with Gasteiger partial charge in [0.2, 0.25) is 5.56 Å². The van der Waals surface area contributed by atoms with E-state index in [1.54, 1.807) is 64.1 Å². The maximum Gasteiger partial charge on any atom is 0.459 e. The molecule has 6 atom stereocenters. The van der Waals surface area contributed by atoms with Gasteiger partial charge in [0.1, 0.15) is 36.2 Å². The number of para-hydroxylation sites is 1. The number of hydrogen-bond acceptors (Lipinski definition) is 9. The summed E-state index contributed by atoms with van der Waals surface area (Å²) in [6.07, 6.45) is -1.21. The van der Waals surface area contributed by atoms with Crippen LogP contribution in [-0.2, 0) is 32.8 Å². The highest BCUT2D eigenvalue weighted by molar-refractivity contribution is 7.52. The molecular weight excluding hydrogens is 503 g/mol. The summed E-state index contributed by atoms with van der Waals surface area (Å²) >= 11 is 0. The number of carbonyl (C=O) groups is 1. The summed E-state index contributed by atoms with van der Waals surface area (Å²) in [6, 6.07) is 10.7. The summed E-state index contributed by atoms with van der Waals surface area (Å²) in [4.78, 5) is 26.9. The van der Waals surface area contributed by atoms with Gasteiger partial charge in [-0.3, -0.25) is 14.1 Å². The molecule has 0 amide bonds. The Morgan fingerprint density at radius 1 is 1.14 bits per heavy atom. The molecule has 12 heteroatoms. The molecule has 202 valence electrons. The van der Waals surface area contributed by atoms with Crippen LogP contribution in [0.15, 0.2) is 53.5 Å². The first-order valence-corrected chi connectivity index (χ1v) is 13.7. The molecule has 3 heterocycles. The van der Waals surface area contributed by atoms with Crippen LogP contribution in [0.1, 0.15) is 46.3 Å². The molecule has 2 aliphatic rings. The molecule has 0 saturated carbocycles. The summed E-state index contributed by atoms with van der Waals surface area (Å²) in [5.74, 6) is -1.21. The number of aromatic amines is 1. The fraction of sp³-hybridized carbons (Fsp3) is 0.520. The zero-order valence-corrected chi connectivity index (χ0v) is 22.3. The van der Waals surface area contributed by atoms with Gasteiger partial charge < -0.3 is 28.5 Å². The molecule has 0 radical (unpaired) electrons. The van der Waals surface area contributed by atoms with E-state index in [0.717, 1.165) is 0 Å². The highest BCUT2D eigenvalue weighted by Gasteiger charge is 2.56. The van der Waals surface area contributed by atoms with Gasteiger partial charge in [-0.2, -0.15) is 5.09 Å². The number of esters is 1. The number of fused-ring (bicyclic) bond motifs is 1. The monoisotopic (exact) mass is 536 g/mol. The Morgan fingerprint density at radius 2 is 1.84 bits per heavy atom. The van der Waals surface area contributed by atoms with Crippen LogP contribution >= 0.6 is 7.75 Å². The van der Waals surface area contributed by atoms with E-state index in [1.807, 2.05) is 0 Å². The van der Waals surface area contributed by atoms with E-state index >= 15 is 0 Å². The van der Waals surface area contributed by atoms with Crippen molar-refractivity contribution in [3.63, 3.8) is 0 Å². The zero-order valence-electron chi connectivity index (χ0n) is 21.4. The lowest BCUT2D eigenvalue weighted by Gasteiger charge is -2.26. The number of H-pyrrole nitrogens is 1. The van der Waals surface area contributed by atoms with Crippen molar-refractivity contribution in [2.45, 2.75) is 77.0 Å². The Kier molecular flexibility index (Phi) is 8.23. The smallest absolute Gasteiger partial charge is 0.459 e. The van der Waals surface area contributed by atoms with Gasteiger partial charge in [0.15, 0.2) is 5.79 Å². The molecule has 1 aromatic carbocycles. The molecule has 11 nitrogen and oxygen atoms in total. The molecule has 37 heavy (non-hydrogen) atoms. The van der Waals surface area contributed by atoms with Crippen LogP contribution < -0.4 is 15.2 Å². The lowest BCUT2D eigenvalue weighted by molar-refractivity contribution is -0.190. The molecule has 0 bridgehead atoms. The van der Waals surface area contributed by atoms with Crippen molar-refractivity contribution in [2.75, 3.05) is 6.61 Å². The Bertz CT molecular complexity index is 1190. The average Bonchev–Trinajstić information content (AvgIpc) is 3.30. The normalized spacial score (nSPS) is 26.9. The lowest BCUT2D eigenvalue weighted by Crippen LogP contribution is -2.38. The topological polar surface area (TPSA) is 134 Å². The highest BCUT2D eigenvalue weighted by Crippen LogP contribution is 2.49. The molecule has 0 spiro atoms. The van der Waals surface area contributed by atoms with Gasteiger partial charge in [0, 0.05) is 12.3 Å². The van der Waals surface area contributed by atoms with E-state index < -0.39 is 50.0 Å². The molecule has 2 aromatic rings. The van der Waals surface area contributed by atoms with Gasteiger partial charge in [0.25, 0.3) is 0 Å². The number of benzene rings is 1. The van der Waals surface area contributed by atoms with E-state index in [2.05, 4.69) is 10.1 Å². The third kappa shape index (κ3) is 6.87. The number of rotatable bonds is 10. The summed E-state index contributed by atoms with van der Waals surface area (Å²) in [5, 5.41) is 2.66. The van der Waals surface area contributed by atoms with E-state index in [1.165, 1.54) is 19.2 Å². The molecule has 2 fully saturated rings. The van der Waals surface area contributed by atoms with Gasteiger partial charge >= 0.3 is 13.7 Å². The Balaban J connectivity index is 1.53. The highest BCUT2D eigenvalue weighted by atomic mass is 31.2. The Morgan fingerprint density at radius 3 is 2.51 bits per heavy atom. The second kappa shape index (κ2) is 11.1. The van der Waals surface area contributed by atoms with Gasteiger partial charge in [0.05, 0.1) is 12.7 Å². The maximum absolute atomic E-state index is 13.8. The summed E-state index contributed by atoms with van der Waals surface area (Å²) in [7, 11) is -4.10. The quantitative estimate of drug-likeness (QED) is 0.343. The van der Waals surface area contributed by atoms with Crippen molar-refractivity contribution in [3.05, 3.63) is 64.6 Å². The first kappa shape index (κ1) is 27.5. The van der Waals surface area contributed by atoms with Gasteiger partial charge in [-0.1, -0.05) is 18.2 Å².